The highest BCUT2D eigenvalue weighted by Gasteiger charge is 2.29. The van der Waals surface area contributed by atoms with E-state index in [1.165, 1.54) is 30.4 Å². The Labute approximate surface area is 111 Å². The fraction of sp³-hybridized carbons (Fsp3) is 0.625. The van der Waals surface area contributed by atoms with Crippen molar-refractivity contribution < 1.29 is 4.74 Å². The average Bonchev–Trinajstić information content (AvgIpc) is 2.47. The van der Waals surface area contributed by atoms with E-state index in [9.17, 15) is 0 Å². The van der Waals surface area contributed by atoms with Crippen molar-refractivity contribution in [1.29, 1.82) is 0 Å². The number of ether oxygens (including phenoxy) is 1. The zero-order valence-electron chi connectivity index (χ0n) is 12.0. The van der Waals surface area contributed by atoms with Gasteiger partial charge in [-0.25, -0.2) is 0 Å². The molecule has 0 amide bonds. The Bertz CT molecular complexity index is 412. The van der Waals surface area contributed by atoms with E-state index in [2.05, 4.69) is 44.3 Å². The summed E-state index contributed by atoms with van der Waals surface area (Å²) in [7, 11) is 1.74. The van der Waals surface area contributed by atoms with Crippen LogP contribution in [0.5, 0.6) is 5.75 Å². The van der Waals surface area contributed by atoms with Gasteiger partial charge in [0.15, 0.2) is 0 Å². The average molecular weight is 247 g/mol. The summed E-state index contributed by atoms with van der Waals surface area (Å²) in [5, 5.41) is 3.63. The summed E-state index contributed by atoms with van der Waals surface area (Å²) in [6.07, 6.45) is 3.63. The normalized spacial score (nSPS) is 22.1. The summed E-state index contributed by atoms with van der Waals surface area (Å²) in [5.74, 6) is 0.969. The van der Waals surface area contributed by atoms with Crippen molar-refractivity contribution in [2.24, 2.45) is 5.41 Å². The van der Waals surface area contributed by atoms with Crippen LogP contribution in [0, 0.1) is 5.41 Å². The van der Waals surface area contributed by atoms with Gasteiger partial charge in [0.1, 0.15) is 5.75 Å². The molecule has 100 valence electrons. The Hall–Kier alpha value is -1.02. The molecular formula is C16H25NO. The lowest BCUT2D eigenvalue weighted by molar-refractivity contribution is 0.275. The van der Waals surface area contributed by atoms with Crippen molar-refractivity contribution in [3.8, 4) is 5.75 Å². The second-order valence-corrected chi connectivity index (χ2v) is 6.04. The fourth-order valence-corrected chi connectivity index (χ4v) is 2.92. The summed E-state index contributed by atoms with van der Waals surface area (Å²) in [4.78, 5) is 0. The van der Waals surface area contributed by atoms with Crippen molar-refractivity contribution >= 4 is 0 Å². The summed E-state index contributed by atoms with van der Waals surface area (Å²) in [5.41, 5.74) is 3.31. The lowest BCUT2D eigenvalue weighted by atomic mass is 9.83. The number of hydrogen-bond acceptors (Lipinski definition) is 2. The molecule has 0 spiro atoms. The number of benzene rings is 1. The standard InChI is InChI=1S/C16H25NO/c1-5-17-15-11-16(2,3)9-8-12-6-7-13(18-4)10-14(12)15/h6-7,10,15,17H,5,8-9,11H2,1-4H3. The van der Waals surface area contributed by atoms with E-state index in [0.29, 0.717) is 11.5 Å². The maximum Gasteiger partial charge on any atom is 0.119 e. The van der Waals surface area contributed by atoms with Crippen LogP contribution in [0.4, 0.5) is 0 Å². The second kappa shape index (κ2) is 5.31. The van der Waals surface area contributed by atoms with Crippen molar-refractivity contribution in [3.05, 3.63) is 29.3 Å². The summed E-state index contributed by atoms with van der Waals surface area (Å²) >= 11 is 0. The van der Waals surface area contributed by atoms with E-state index < -0.39 is 0 Å². The molecule has 1 atom stereocenters. The second-order valence-electron chi connectivity index (χ2n) is 6.04. The van der Waals surface area contributed by atoms with Crippen LogP contribution in [-0.2, 0) is 6.42 Å². The van der Waals surface area contributed by atoms with Crippen molar-refractivity contribution in [1.82, 2.24) is 5.32 Å². The van der Waals surface area contributed by atoms with Gasteiger partial charge in [-0.1, -0.05) is 26.8 Å². The van der Waals surface area contributed by atoms with E-state index in [1.807, 2.05) is 0 Å². The predicted molar refractivity (Wildman–Crippen MR) is 76.1 cm³/mol. The van der Waals surface area contributed by atoms with Crippen LogP contribution in [0.25, 0.3) is 0 Å². The van der Waals surface area contributed by atoms with Gasteiger partial charge in [0.05, 0.1) is 7.11 Å². The minimum Gasteiger partial charge on any atom is -0.497 e. The Balaban J connectivity index is 2.38. The van der Waals surface area contributed by atoms with Crippen molar-refractivity contribution in [3.63, 3.8) is 0 Å². The highest BCUT2D eigenvalue weighted by atomic mass is 16.5. The summed E-state index contributed by atoms with van der Waals surface area (Å²) < 4.78 is 5.37. The molecule has 0 heterocycles. The molecule has 2 rings (SSSR count). The molecular weight excluding hydrogens is 222 g/mol. The quantitative estimate of drug-likeness (QED) is 0.822. The molecule has 0 radical (unpaired) electrons. The summed E-state index contributed by atoms with van der Waals surface area (Å²) in [6, 6.07) is 6.99. The van der Waals surface area contributed by atoms with Gasteiger partial charge in [0.2, 0.25) is 0 Å². The Morgan fingerprint density at radius 2 is 2.17 bits per heavy atom. The lowest BCUT2D eigenvalue weighted by Gasteiger charge is -2.27. The van der Waals surface area contributed by atoms with Gasteiger partial charge in [-0.2, -0.15) is 0 Å². The van der Waals surface area contributed by atoms with Crippen LogP contribution in [0.3, 0.4) is 0 Å². The first-order chi connectivity index (χ1) is 8.55. The number of methoxy groups -OCH3 is 1. The largest absolute Gasteiger partial charge is 0.497 e. The van der Waals surface area contributed by atoms with Gasteiger partial charge in [-0.15, -0.1) is 0 Å². The number of nitrogens with one attached hydrogen (secondary N) is 1. The van der Waals surface area contributed by atoms with Crippen molar-refractivity contribution in [2.45, 2.75) is 46.1 Å². The topological polar surface area (TPSA) is 21.3 Å². The lowest BCUT2D eigenvalue weighted by Crippen LogP contribution is -2.25. The molecule has 1 N–H and O–H groups in total. The van der Waals surface area contributed by atoms with Gasteiger partial charge < -0.3 is 10.1 Å². The number of hydrogen-bond donors (Lipinski definition) is 1. The van der Waals surface area contributed by atoms with E-state index >= 15 is 0 Å². The minimum atomic E-state index is 0.402. The summed E-state index contributed by atoms with van der Waals surface area (Å²) in [6.45, 7) is 7.94. The minimum absolute atomic E-state index is 0.402. The molecule has 0 bridgehead atoms. The molecule has 1 aromatic rings. The zero-order valence-corrected chi connectivity index (χ0v) is 12.0. The van der Waals surface area contributed by atoms with Crippen LogP contribution < -0.4 is 10.1 Å². The third-order valence-electron chi connectivity index (χ3n) is 4.01. The predicted octanol–water partition coefficient (Wildman–Crippen LogP) is 3.71. The molecule has 2 nitrogen and oxygen atoms in total. The van der Waals surface area contributed by atoms with Crippen LogP contribution in [0.1, 0.15) is 50.8 Å². The third kappa shape index (κ3) is 2.86. The van der Waals surface area contributed by atoms with Crippen molar-refractivity contribution in [2.75, 3.05) is 13.7 Å². The molecule has 1 aliphatic rings. The van der Waals surface area contributed by atoms with Crippen LogP contribution in [0.2, 0.25) is 0 Å². The molecule has 0 aliphatic heterocycles. The van der Waals surface area contributed by atoms with Gasteiger partial charge in [-0.05, 0) is 54.5 Å². The Morgan fingerprint density at radius 1 is 1.39 bits per heavy atom. The highest BCUT2D eigenvalue weighted by Crippen LogP contribution is 2.40. The number of rotatable bonds is 3. The molecule has 1 unspecified atom stereocenters. The maximum atomic E-state index is 5.37. The maximum absolute atomic E-state index is 5.37. The Morgan fingerprint density at radius 3 is 2.83 bits per heavy atom. The van der Waals surface area contributed by atoms with Gasteiger partial charge in [-0.3, -0.25) is 0 Å². The zero-order chi connectivity index (χ0) is 13.2. The van der Waals surface area contributed by atoms with E-state index in [4.69, 9.17) is 4.74 Å². The van der Waals surface area contributed by atoms with Crippen LogP contribution >= 0.6 is 0 Å². The highest BCUT2D eigenvalue weighted by molar-refractivity contribution is 5.39. The molecule has 0 aromatic heterocycles. The first-order valence-corrected chi connectivity index (χ1v) is 6.96. The van der Waals surface area contributed by atoms with E-state index in [1.54, 1.807) is 7.11 Å². The first-order valence-electron chi connectivity index (χ1n) is 6.96. The smallest absolute Gasteiger partial charge is 0.119 e. The van der Waals surface area contributed by atoms with E-state index in [-0.39, 0.29) is 0 Å². The molecule has 0 fully saturated rings. The molecule has 1 aromatic carbocycles. The number of fused-ring (bicyclic) bond motifs is 1. The fourth-order valence-electron chi connectivity index (χ4n) is 2.92. The van der Waals surface area contributed by atoms with Gasteiger partial charge in [0, 0.05) is 6.04 Å². The molecule has 18 heavy (non-hydrogen) atoms. The SMILES string of the molecule is CCNC1CC(C)(C)CCc2ccc(OC)cc21. The number of aryl methyl sites for hydroxylation is 1. The van der Waals surface area contributed by atoms with Crippen LogP contribution in [-0.4, -0.2) is 13.7 Å². The van der Waals surface area contributed by atoms with E-state index in [0.717, 1.165) is 12.3 Å². The Kier molecular flexibility index (Phi) is 3.96. The molecule has 1 aliphatic carbocycles. The molecule has 0 saturated carbocycles. The third-order valence-corrected chi connectivity index (χ3v) is 4.01. The van der Waals surface area contributed by atoms with Gasteiger partial charge >= 0.3 is 0 Å². The van der Waals surface area contributed by atoms with Crippen LogP contribution in [0.15, 0.2) is 18.2 Å². The molecule has 2 heteroatoms. The molecule has 0 saturated heterocycles. The monoisotopic (exact) mass is 247 g/mol. The first kappa shape index (κ1) is 13.4. The van der Waals surface area contributed by atoms with Gasteiger partial charge in [0.25, 0.3) is 0 Å².